The molecule has 0 radical (unpaired) electrons. The number of nitrogens with one attached hydrogen (secondary N) is 2. The van der Waals surface area contributed by atoms with Crippen LogP contribution in [0.1, 0.15) is 28.1 Å². The van der Waals surface area contributed by atoms with Gasteiger partial charge in [0.2, 0.25) is 0 Å². The van der Waals surface area contributed by atoms with E-state index >= 15 is 0 Å². The van der Waals surface area contributed by atoms with Crippen molar-refractivity contribution in [2.45, 2.75) is 33.5 Å². The van der Waals surface area contributed by atoms with Gasteiger partial charge in [-0.1, -0.05) is 24.3 Å². The fourth-order valence-corrected chi connectivity index (χ4v) is 2.67. The molecule has 1 heterocycles. The summed E-state index contributed by atoms with van der Waals surface area (Å²) in [7, 11) is 5.45. The van der Waals surface area contributed by atoms with Gasteiger partial charge in [0.25, 0.3) is 0 Å². The first-order chi connectivity index (χ1) is 11.6. The minimum atomic E-state index is 0. The molecular formula is C18H28IN5O. The molecule has 1 aromatic heterocycles. The molecule has 0 saturated carbocycles. The molecule has 0 bridgehead atoms. The summed E-state index contributed by atoms with van der Waals surface area (Å²) < 4.78 is 7.16. The molecule has 7 heteroatoms. The second-order valence-corrected chi connectivity index (χ2v) is 5.75. The summed E-state index contributed by atoms with van der Waals surface area (Å²) in [6.07, 6.45) is 0. The van der Waals surface area contributed by atoms with Gasteiger partial charge in [0.05, 0.1) is 12.3 Å². The Kier molecular flexibility index (Phi) is 8.91. The number of rotatable bonds is 6. The summed E-state index contributed by atoms with van der Waals surface area (Å²) in [6, 6.07) is 8.25. The molecule has 138 valence electrons. The van der Waals surface area contributed by atoms with Crippen LogP contribution < -0.4 is 10.6 Å². The molecule has 0 unspecified atom stereocenters. The van der Waals surface area contributed by atoms with Gasteiger partial charge in [-0.15, -0.1) is 24.0 Å². The van der Waals surface area contributed by atoms with Gasteiger partial charge in [-0.3, -0.25) is 9.67 Å². The quantitative estimate of drug-likeness (QED) is 0.398. The van der Waals surface area contributed by atoms with Crippen molar-refractivity contribution >= 4 is 29.9 Å². The largest absolute Gasteiger partial charge is 0.380 e. The maximum atomic E-state index is 5.25. The second-order valence-electron chi connectivity index (χ2n) is 5.75. The zero-order valence-corrected chi connectivity index (χ0v) is 17.9. The SMILES string of the molecule is CN=C(NCc1ccccc1COC)NCc1c(C)nn(C)c1C.I. The minimum Gasteiger partial charge on any atom is -0.380 e. The van der Waals surface area contributed by atoms with E-state index in [1.54, 1.807) is 14.2 Å². The molecule has 2 aromatic rings. The van der Waals surface area contributed by atoms with E-state index in [-0.39, 0.29) is 24.0 Å². The number of ether oxygens (including phenoxy) is 1. The van der Waals surface area contributed by atoms with Crippen LogP contribution >= 0.6 is 24.0 Å². The Balaban J connectivity index is 0.00000312. The lowest BCUT2D eigenvalue weighted by molar-refractivity contribution is 0.184. The predicted octanol–water partition coefficient (Wildman–Crippen LogP) is 2.67. The molecule has 0 aliphatic rings. The molecule has 6 nitrogen and oxygen atoms in total. The van der Waals surface area contributed by atoms with Crippen molar-refractivity contribution in [1.29, 1.82) is 0 Å². The molecule has 0 aliphatic carbocycles. The Morgan fingerprint density at radius 1 is 1.16 bits per heavy atom. The topological polar surface area (TPSA) is 63.5 Å². The first kappa shape index (κ1) is 21.4. The van der Waals surface area contributed by atoms with Crippen LogP contribution in [0.4, 0.5) is 0 Å². The summed E-state index contributed by atoms with van der Waals surface area (Å²) >= 11 is 0. The van der Waals surface area contributed by atoms with Crippen molar-refractivity contribution in [3.63, 3.8) is 0 Å². The van der Waals surface area contributed by atoms with E-state index in [4.69, 9.17) is 4.74 Å². The predicted molar refractivity (Wildman–Crippen MR) is 112 cm³/mol. The van der Waals surface area contributed by atoms with E-state index in [1.807, 2.05) is 30.8 Å². The summed E-state index contributed by atoms with van der Waals surface area (Å²) in [5.74, 6) is 0.768. The number of nitrogens with zero attached hydrogens (tertiary/aromatic N) is 3. The molecule has 0 amide bonds. The number of hydrogen-bond donors (Lipinski definition) is 2. The van der Waals surface area contributed by atoms with Crippen LogP contribution in [-0.4, -0.2) is 29.9 Å². The number of benzene rings is 1. The summed E-state index contributed by atoms with van der Waals surface area (Å²) in [4.78, 5) is 4.30. The average Bonchev–Trinajstić information content (AvgIpc) is 2.82. The lowest BCUT2D eigenvalue weighted by Crippen LogP contribution is -2.36. The Hall–Kier alpha value is -1.61. The smallest absolute Gasteiger partial charge is 0.191 e. The summed E-state index contributed by atoms with van der Waals surface area (Å²) in [5, 5.41) is 11.2. The van der Waals surface area contributed by atoms with E-state index in [2.05, 4.69) is 39.8 Å². The monoisotopic (exact) mass is 457 g/mol. The molecule has 0 aliphatic heterocycles. The van der Waals surface area contributed by atoms with E-state index in [9.17, 15) is 0 Å². The third-order valence-corrected chi connectivity index (χ3v) is 4.18. The van der Waals surface area contributed by atoms with E-state index in [0.29, 0.717) is 19.7 Å². The highest BCUT2D eigenvalue weighted by atomic mass is 127. The molecule has 0 fully saturated rings. The average molecular weight is 457 g/mol. The maximum Gasteiger partial charge on any atom is 0.191 e. The van der Waals surface area contributed by atoms with Crippen molar-refractivity contribution in [3.8, 4) is 0 Å². The Morgan fingerprint density at radius 2 is 1.80 bits per heavy atom. The van der Waals surface area contributed by atoms with Crippen molar-refractivity contribution < 1.29 is 4.74 Å². The zero-order valence-electron chi connectivity index (χ0n) is 15.6. The maximum absolute atomic E-state index is 5.25. The number of methoxy groups -OCH3 is 1. The first-order valence-corrected chi connectivity index (χ1v) is 8.06. The lowest BCUT2D eigenvalue weighted by atomic mass is 10.1. The van der Waals surface area contributed by atoms with Crippen molar-refractivity contribution in [3.05, 3.63) is 52.3 Å². The molecule has 25 heavy (non-hydrogen) atoms. The Bertz CT molecular complexity index is 711. The number of aromatic nitrogens is 2. The van der Waals surface area contributed by atoms with E-state index in [1.165, 1.54) is 22.4 Å². The molecular weight excluding hydrogens is 429 g/mol. The second kappa shape index (κ2) is 10.4. The van der Waals surface area contributed by atoms with Crippen LogP contribution in [0, 0.1) is 13.8 Å². The van der Waals surface area contributed by atoms with Crippen LogP contribution in [0.15, 0.2) is 29.3 Å². The van der Waals surface area contributed by atoms with Crippen LogP contribution in [0.3, 0.4) is 0 Å². The molecule has 0 spiro atoms. The number of halogens is 1. The third-order valence-electron chi connectivity index (χ3n) is 4.18. The standard InChI is InChI=1S/C18H27N5O.HI/c1-13-17(14(2)23(4)22-13)11-21-18(19-3)20-10-15-8-6-7-9-16(15)12-24-5;/h6-9H,10-12H2,1-5H3,(H2,19,20,21);1H. The van der Waals surface area contributed by atoms with Crippen LogP contribution in [0.5, 0.6) is 0 Å². The summed E-state index contributed by atoms with van der Waals surface area (Å²) in [6.45, 7) is 6.11. The van der Waals surface area contributed by atoms with E-state index in [0.717, 1.165) is 11.7 Å². The van der Waals surface area contributed by atoms with Gasteiger partial charge in [-0.2, -0.15) is 5.10 Å². The molecule has 0 atom stereocenters. The number of hydrogen-bond acceptors (Lipinski definition) is 3. The third kappa shape index (κ3) is 5.71. The Labute approximate surface area is 167 Å². The van der Waals surface area contributed by atoms with Crippen LogP contribution in [-0.2, 0) is 31.5 Å². The van der Waals surface area contributed by atoms with Crippen molar-refractivity contribution in [2.24, 2.45) is 12.0 Å². The van der Waals surface area contributed by atoms with Gasteiger partial charge in [-0.25, -0.2) is 0 Å². The summed E-state index contributed by atoms with van der Waals surface area (Å²) in [5.41, 5.74) is 5.81. The normalized spacial score (nSPS) is 11.2. The molecule has 0 saturated heterocycles. The highest BCUT2D eigenvalue weighted by molar-refractivity contribution is 14.0. The number of aliphatic imine (C=N–C) groups is 1. The van der Waals surface area contributed by atoms with Gasteiger partial charge in [0.15, 0.2) is 5.96 Å². The van der Waals surface area contributed by atoms with Crippen LogP contribution in [0.2, 0.25) is 0 Å². The highest BCUT2D eigenvalue weighted by Gasteiger charge is 2.10. The van der Waals surface area contributed by atoms with Crippen molar-refractivity contribution in [2.75, 3.05) is 14.2 Å². The fourth-order valence-electron chi connectivity index (χ4n) is 2.67. The van der Waals surface area contributed by atoms with Gasteiger partial charge in [0.1, 0.15) is 0 Å². The van der Waals surface area contributed by atoms with Gasteiger partial charge in [-0.05, 0) is 25.0 Å². The molecule has 1 aromatic carbocycles. The number of guanidine groups is 1. The Morgan fingerprint density at radius 3 is 2.36 bits per heavy atom. The van der Waals surface area contributed by atoms with Gasteiger partial charge < -0.3 is 15.4 Å². The lowest BCUT2D eigenvalue weighted by Gasteiger charge is -2.14. The van der Waals surface area contributed by atoms with Gasteiger partial charge in [0, 0.05) is 45.6 Å². The molecule has 2 rings (SSSR count). The fraction of sp³-hybridized carbons (Fsp3) is 0.444. The zero-order chi connectivity index (χ0) is 17.5. The van der Waals surface area contributed by atoms with Gasteiger partial charge >= 0.3 is 0 Å². The molecule has 2 N–H and O–H groups in total. The number of aryl methyl sites for hydroxylation is 2. The highest BCUT2D eigenvalue weighted by Crippen LogP contribution is 2.11. The first-order valence-electron chi connectivity index (χ1n) is 8.06. The van der Waals surface area contributed by atoms with Crippen molar-refractivity contribution in [1.82, 2.24) is 20.4 Å². The van der Waals surface area contributed by atoms with Crippen LogP contribution in [0.25, 0.3) is 0 Å². The minimum absolute atomic E-state index is 0. The van der Waals surface area contributed by atoms with E-state index < -0.39 is 0 Å².